The van der Waals surface area contributed by atoms with Crippen LogP contribution in [0.15, 0.2) is 30.5 Å². The van der Waals surface area contributed by atoms with Crippen LogP contribution >= 0.6 is 0 Å². The van der Waals surface area contributed by atoms with Gasteiger partial charge in [0.05, 0.1) is 17.9 Å². The molecule has 1 fully saturated rings. The van der Waals surface area contributed by atoms with E-state index in [1.165, 1.54) is 18.4 Å². The number of nitrogens with one attached hydrogen (secondary N) is 1. The Morgan fingerprint density at radius 1 is 1.25 bits per heavy atom. The molecule has 1 aromatic heterocycles. The predicted octanol–water partition coefficient (Wildman–Crippen LogP) is 3.22. The molecule has 1 aromatic carbocycles. The van der Waals surface area contributed by atoms with Crippen molar-refractivity contribution in [3.8, 4) is 11.5 Å². The summed E-state index contributed by atoms with van der Waals surface area (Å²) in [7, 11) is 0. The number of hydrogen-bond acceptors (Lipinski definition) is 3. The van der Waals surface area contributed by atoms with Crippen molar-refractivity contribution in [1.82, 2.24) is 15.1 Å². The van der Waals surface area contributed by atoms with Crippen molar-refractivity contribution in [2.24, 2.45) is 0 Å². The maximum atomic E-state index is 5.93. The fourth-order valence-electron chi connectivity index (χ4n) is 2.65. The first-order valence-corrected chi connectivity index (χ1v) is 7.23. The van der Waals surface area contributed by atoms with Crippen molar-refractivity contribution >= 4 is 0 Å². The second-order valence-corrected chi connectivity index (χ2v) is 5.45. The van der Waals surface area contributed by atoms with Crippen LogP contribution in [0.2, 0.25) is 0 Å². The number of ether oxygens (including phenoxy) is 1. The van der Waals surface area contributed by atoms with Crippen molar-refractivity contribution in [3.05, 3.63) is 41.7 Å². The molecular weight excluding hydrogens is 250 g/mol. The van der Waals surface area contributed by atoms with Gasteiger partial charge in [-0.25, -0.2) is 0 Å². The lowest BCUT2D eigenvalue weighted by Gasteiger charge is -2.24. The van der Waals surface area contributed by atoms with Gasteiger partial charge in [0, 0.05) is 6.54 Å². The number of benzene rings is 1. The third-order valence-corrected chi connectivity index (χ3v) is 3.87. The average molecular weight is 271 g/mol. The summed E-state index contributed by atoms with van der Waals surface area (Å²) in [5, 5.41) is 7.93. The molecule has 0 aliphatic carbocycles. The molecule has 1 atom stereocenters. The lowest BCUT2D eigenvalue weighted by atomic mass is 10.1. The topological polar surface area (TPSA) is 39.1 Å². The minimum atomic E-state index is 0.444. The van der Waals surface area contributed by atoms with Crippen LogP contribution in [0, 0.1) is 13.8 Å². The van der Waals surface area contributed by atoms with Crippen LogP contribution in [0.4, 0.5) is 0 Å². The second kappa shape index (κ2) is 5.67. The SMILES string of the molecule is Cc1ccc(Oc2cnn(C3CCCNC3)c2C)cc1. The molecule has 0 radical (unpaired) electrons. The second-order valence-electron chi connectivity index (χ2n) is 5.45. The number of aryl methyl sites for hydroxylation is 1. The highest BCUT2D eigenvalue weighted by Gasteiger charge is 2.19. The molecule has 0 amide bonds. The van der Waals surface area contributed by atoms with E-state index in [0.717, 1.165) is 30.3 Å². The third kappa shape index (κ3) is 2.70. The summed E-state index contributed by atoms with van der Waals surface area (Å²) in [6.45, 7) is 6.25. The van der Waals surface area contributed by atoms with Gasteiger partial charge in [-0.1, -0.05) is 17.7 Å². The zero-order valence-corrected chi connectivity index (χ0v) is 12.1. The minimum absolute atomic E-state index is 0.444. The smallest absolute Gasteiger partial charge is 0.168 e. The van der Waals surface area contributed by atoms with Crippen molar-refractivity contribution in [1.29, 1.82) is 0 Å². The molecule has 3 rings (SSSR count). The van der Waals surface area contributed by atoms with Gasteiger partial charge in [0.1, 0.15) is 5.75 Å². The van der Waals surface area contributed by atoms with Crippen molar-refractivity contribution in [3.63, 3.8) is 0 Å². The van der Waals surface area contributed by atoms with Crippen molar-refractivity contribution in [2.45, 2.75) is 32.7 Å². The van der Waals surface area contributed by atoms with E-state index in [9.17, 15) is 0 Å². The monoisotopic (exact) mass is 271 g/mol. The van der Waals surface area contributed by atoms with Crippen LogP contribution in [0.1, 0.15) is 30.1 Å². The molecule has 4 heteroatoms. The molecule has 0 spiro atoms. The van der Waals surface area contributed by atoms with Crippen LogP contribution in [-0.4, -0.2) is 22.9 Å². The van der Waals surface area contributed by atoms with Gasteiger partial charge in [-0.3, -0.25) is 4.68 Å². The van der Waals surface area contributed by atoms with E-state index in [0.29, 0.717) is 6.04 Å². The van der Waals surface area contributed by atoms with E-state index in [1.807, 2.05) is 18.3 Å². The highest BCUT2D eigenvalue weighted by atomic mass is 16.5. The molecule has 0 bridgehead atoms. The van der Waals surface area contributed by atoms with Gasteiger partial charge in [0.2, 0.25) is 0 Å². The Balaban J connectivity index is 1.77. The minimum Gasteiger partial charge on any atom is -0.454 e. The van der Waals surface area contributed by atoms with E-state index in [2.05, 4.69) is 41.1 Å². The maximum Gasteiger partial charge on any atom is 0.168 e. The van der Waals surface area contributed by atoms with Crippen LogP contribution < -0.4 is 10.1 Å². The molecule has 0 saturated carbocycles. The molecule has 2 heterocycles. The van der Waals surface area contributed by atoms with Gasteiger partial charge in [0.15, 0.2) is 5.75 Å². The summed E-state index contributed by atoms with van der Waals surface area (Å²) in [6, 6.07) is 8.54. The van der Waals surface area contributed by atoms with E-state index in [1.54, 1.807) is 0 Å². The molecule has 1 aliphatic heterocycles. The number of aromatic nitrogens is 2. The summed E-state index contributed by atoms with van der Waals surface area (Å²) < 4.78 is 8.02. The van der Waals surface area contributed by atoms with Crippen LogP contribution in [0.25, 0.3) is 0 Å². The number of hydrogen-bond donors (Lipinski definition) is 1. The van der Waals surface area contributed by atoms with E-state index < -0.39 is 0 Å². The number of rotatable bonds is 3. The first kappa shape index (κ1) is 13.2. The summed E-state index contributed by atoms with van der Waals surface area (Å²) >= 11 is 0. The lowest BCUT2D eigenvalue weighted by molar-refractivity contribution is 0.340. The van der Waals surface area contributed by atoms with Crippen LogP contribution in [-0.2, 0) is 0 Å². The summed E-state index contributed by atoms with van der Waals surface area (Å²) in [4.78, 5) is 0. The van der Waals surface area contributed by atoms with E-state index in [4.69, 9.17) is 4.74 Å². The van der Waals surface area contributed by atoms with E-state index in [-0.39, 0.29) is 0 Å². The Hall–Kier alpha value is -1.81. The first-order valence-electron chi connectivity index (χ1n) is 7.23. The Kier molecular flexibility index (Phi) is 3.74. The summed E-state index contributed by atoms with van der Waals surface area (Å²) in [6.07, 6.45) is 4.21. The molecule has 2 aromatic rings. The van der Waals surface area contributed by atoms with Gasteiger partial charge < -0.3 is 10.1 Å². The molecule has 20 heavy (non-hydrogen) atoms. The zero-order chi connectivity index (χ0) is 13.9. The normalized spacial score (nSPS) is 19.0. The van der Waals surface area contributed by atoms with Gasteiger partial charge in [-0.15, -0.1) is 0 Å². The van der Waals surface area contributed by atoms with Crippen LogP contribution in [0.3, 0.4) is 0 Å². The molecule has 1 unspecified atom stereocenters. The number of piperidine rings is 1. The highest BCUT2D eigenvalue weighted by molar-refractivity contribution is 5.34. The Morgan fingerprint density at radius 2 is 2.05 bits per heavy atom. The van der Waals surface area contributed by atoms with Crippen molar-refractivity contribution in [2.75, 3.05) is 13.1 Å². The quantitative estimate of drug-likeness (QED) is 0.931. The average Bonchev–Trinajstić information content (AvgIpc) is 2.84. The largest absolute Gasteiger partial charge is 0.454 e. The maximum absolute atomic E-state index is 5.93. The Bertz CT molecular complexity index is 568. The molecule has 106 valence electrons. The number of nitrogens with zero attached hydrogens (tertiary/aromatic N) is 2. The molecule has 1 N–H and O–H groups in total. The molecular formula is C16H21N3O. The molecule has 1 saturated heterocycles. The van der Waals surface area contributed by atoms with E-state index >= 15 is 0 Å². The van der Waals surface area contributed by atoms with Gasteiger partial charge in [-0.05, 0) is 45.4 Å². The Morgan fingerprint density at radius 3 is 2.75 bits per heavy atom. The van der Waals surface area contributed by atoms with Gasteiger partial charge in [-0.2, -0.15) is 5.10 Å². The fourth-order valence-corrected chi connectivity index (χ4v) is 2.65. The standard InChI is InChI=1S/C16H21N3O/c1-12-5-7-15(8-6-12)20-16-11-18-19(13(16)2)14-4-3-9-17-10-14/h5-8,11,14,17H,3-4,9-10H2,1-2H3. The first-order chi connectivity index (χ1) is 9.74. The molecule has 1 aliphatic rings. The third-order valence-electron chi connectivity index (χ3n) is 3.87. The highest BCUT2D eigenvalue weighted by Crippen LogP contribution is 2.28. The van der Waals surface area contributed by atoms with Crippen molar-refractivity contribution < 1.29 is 4.74 Å². The Labute approximate surface area is 119 Å². The van der Waals surface area contributed by atoms with Gasteiger partial charge >= 0.3 is 0 Å². The van der Waals surface area contributed by atoms with Crippen LogP contribution in [0.5, 0.6) is 11.5 Å². The zero-order valence-electron chi connectivity index (χ0n) is 12.1. The van der Waals surface area contributed by atoms with Gasteiger partial charge in [0.25, 0.3) is 0 Å². The summed E-state index contributed by atoms with van der Waals surface area (Å²) in [5.41, 5.74) is 2.33. The summed E-state index contributed by atoms with van der Waals surface area (Å²) in [5.74, 6) is 1.71. The fraction of sp³-hybridized carbons (Fsp3) is 0.438. The molecule has 4 nitrogen and oxygen atoms in total. The lowest BCUT2D eigenvalue weighted by Crippen LogP contribution is -2.32. The predicted molar refractivity (Wildman–Crippen MR) is 79.4 cm³/mol.